The molecule has 0 aliphatic rings. The summed E-state index contributed by atoms with van der Waals surface area (Å²) in [5.41, 5.74) is 11.9. The predicted octanol–water partition coefficient (Wildman–Crippen LogP) is 3.03. The molecule has 0 heterocycles. The van der Waals surface area contributed by atoms with E-state index in [2.05, 4.69) is 21.4 Å². The van der Waals surface area contributed by atoms with Gasteiger partial charge in [-0.1, -0.05) is 22.0 Å². The minimum atomic E-state index is -0.280. The van der Waals surface area contributed by atoms with Crippen molar-refractivity contribution in [2.75, 3.05) is 5.73 Å². The Morgan fingerprint density at radius 1 is 1.16 bits per heavy atom. The number of nitrogens with one attached hydrogen (secondary N) is 1. The van der Waals surface area contributed by atoms with Crippen LogP contribution in [0.3, 0.4) is 0 Å². The fraction of sp³-hybridized carbons (Fsp3) is 0.143. The summed E-state index contributed by atoms with van der Waals surface area (Å²) < 4.78 is 14.1. The molecular formula is C14H15BrFN3. The highest BCUT2D eigenvalue weighted by atomic mass is 79.9. The molecule has 0 saturated heterocycles. The Labute approximate surface area is 119 Å². The van der Waals surface area contributed by atoms with Crippen LogP contribution in [0.15, 0.2) is 40.9 Å². The van der Waals surface area contributed by atoms with Gasteiger partial charge < -0.3 is 5.73 Å². The molecule has 19 heavy (non-hydrogen) atoms. The lowest BCUT2D eigenvalue weighted by atomic mass is 9.94. The molecule has 5 heteroatoms. The van der Waals surface area contributed by atoms with Gasteiger partial charge in [0.2, 0.25) is 0 Å². The molecule has 0 radical (unpaired) electrons. The van der Waals surface area contributed by atoms with Crippen LogP contribution in [0.4, 0.5) is 10.1 Å². The first-order chi connectivity index (χ1) is 9.02. The van der Waals surface area contributed by atoms with E-state index in [0.717, 1.165) is 21.2 Å². The zero-order valence-corrected chi connectivity index (χ0v) is 12.0. The summed E-state index contributed by atoms with van der Waals surface area (Å²) >= 11 is 3.41. The lowest BCUT2D eigenvalue weighted by Crippen LogP contribution is -2.30. The molecule has 1 atom stereocenters. The molecule has 100 valence electrons. The van der Waals surface area contributed by atoms with E-state index in [9.17, 15) is 4.39 Å². The molecule has 5 N–H and O–H groups in total. The smallest absolute Gasteiger partial charge is 0.123 e. The van der Waals surface area contributed by atoms with Gasteiger partial charge in [0.05, 0.1) is 6.04 Å². The predicted molar refractivity (Wildman–Crippen MR) is 78.9 cm³/mol. The van der Waals surface area contributed by atoms with Crippen molar-refractivity contribution in [3.05, 3.63) is 63.4 Å². The molecule has 0 aromatic heterocycles. The number of anilines is 1. The normalized spacial score (nSPS) is 12.4. The molecule has 2 aromatic rings. The molecule has 0 spiro atoms. The van der Waals surface area contributed by atoms with Crippen LogP contribution in [-0.4, -0.2) is 0 Å². The Hall–Kier alpha value is -1.43. The Balaban J connectivity index is 2.52. The van der Waals surface area contributed by atoms with Gasteiger partial charge in [0.1, 0.15) is 5.82 Å². The fourth-order valence-electron chi connectivity index (χ4n) is 2.11. The average Bonchev–Trinajstić information content (AvgIpc) is 2.36. The average molecular weight is 324 g/mol. The highest BCUT2D eigenvalue weighted by Gasteiger charge is 2.17. The summed E-state index contributed by atoms with van der Waals surface area (Å²) in [6, 6.07) is 9.91. The SMILES string of the molecule is Cc1cc(F)ccc1C(NN)c1cc(Br)ccc1N. The topological polar surface area (TPSA) is 64.1 Å². The highest BCUT2D eigenvalue weighted by Crippen LogP contribution is 2.30. The van der Waals surface area contributed by atoms with Crippen molar-refractivity contribution >= 4 is 21.6 Å². The highest BCUT2D eigenvalue weighted by molar-refractivity contribution is 9.10. The van der Waals surface area contributed by atoms with Crippen LogP contribution in [0.5, 0.6) is 0 Å². The fourth-order valence-corrected chi connectivity index (χ4v) is 2.48. The Kier molecular flexibility index (Phi) is 4.19. The molecule has 0 bridgehead atoms. The zero-order valence-electron chi connectivity index (χ0n) is 10.5. The van der Waals surface area contributed by atoms with Gasteiger partial charge in [0.25, 0.3) is 0 Å². The quantitative estimate of drug-likeness (QED) is 0.462. The number of nitrogen functional groups attached to an aromatic ring is 1. The second kappa shape index (κ2) is 5.69. The van der Waals surface area contributed by atoms with Gasteiger partial charge in [-0.05, 0) is 53.9 Å². The van der Waals surface area contributed by atoms with E-state index in [-0.39, 0.29) is 11.9 Å². The standard InChI is InChI=1S/C14H15BrFN3/c1-8-6-10(16)3-4-11(8)14(19-18)12-7-9(15)2-5-13(12)17/h2-7,14,19H,17-18H2,1H3. The number of hydrogen-bond donors (Lipinski definition) is 3. The first-order valence-electron chi connectivity index (χ1n) is 5.80. The van der Waals surface area contributed by atoms with Crippen molar-refractivity contribution in [2.24, 2.45) is 5.84 Å². The van der Waals surface area contributed by atoms with Crippen LogP contribution < -0.4 is 17.0 Å². The number of rotatable bonds is 3. The Morgan fingerprint density at radius 2 is 1.89 bits per heavy atom. The van der Waals surface area contributed by atoms with Crippen LogP contribution in [-0.2, 0) is 0 Å². The monoisotopic (exact) mass is 323 g/mol. The molecule has 0 aliphatic heterocycles. The van der Waals surface area contributed by atoms with E-state index in [1.807, 2.05) is 25.1 Å². The van der Waals surface area contributed by atoms with Crippen LogP contribution in [0.25, 0.3) is 0 Å². The second-order valence-corrected chi connectivity index (χ2v) is 5.29. The van der Waals surface area contributed by atoms with E-state index >= 15 is 0 Å². The first-order valence-corrected chi connectivity index (χ1v) is 6.59. The third kappa shape index (κ3) is 2.94. The van der Waals surface area contributed by atoms with Gasteiger partial charge in [-0.25, -0.2) is 9.82 Å². The van der Waals surface area contributed by atoms with Gasteiger partial charge in [-0.15, -0.1) is 0 Å². The van der Waals surface area contributed by atoms with Gasteiger partial charge in [-0.3, -0.25) is 5.84 Å². The van der Waals surface area contributed by atoms with Crippen molar-refractivity contribution in [3.8, 4) is 0 Å². The van der Waals surface area contributed by atoms with Gasteiger partial charge >= 0.3 is 0 Å². The largest absolute Gasteiger partial charge is 0.398 e. The van der Waals surface area contributed by atoms with Crippen LogP contribution >= 0.6 is 15.9 Å². The third-order valence-corrected chi connectivity index (χ3v) is 3.56. The van der Waals surface area contributed by atoms with Crippen molar-refractivity contribution < 1.29 is 4.39 Å². The Bertz CT molecular complexity index is 601. The van der Waals surface area contributed by atoms with Gasteiger partial charge in [-0.2, -0.15) is 0 Å². The summed E-state index contributed by atoms with van der Waals surface area (Å²) in [6.07, 6.45) is 0. The second-order valence-electron chi connectivity index (χ2n) is 4.37. The molecule has 1 unspecified atom stereocenters. The number of halogens is 2. The zero-order chi connectivity index (χ0) is 14.0. The maximum atomic E-state index is 13.2. The number of aryl methyl sites for hydroxylation is 1. The number of hydrogen-bond acceptors (Lipinski definition) is 3. The van der Waals surface area contributed by atoms with E-state index in [0.29, 0.717) is 5.69 Å². The molecule has 2 aromatic carbocycles. The minimum absolute atomic E-state index is 0.265. The molecule has 0 aliphatic carbocycles. The van der Waals surface area contributed by atoms with Gasteiger partial charge in [0.15, 0.2) is 0 Å². The van der Waals surface area contributed by atoms with Crippen LogP contribution in [0.1, 0.15) is 22.7 Å². The third-order valence-electron chi connectivity index (χ3n) is 3.07. The summed E-state index contributed by atoms with van der Waals surface area (Å²) in [5.74, 6) is 5.38. The molecule has 0 amide bonds. The molecule has 2 rings (SSSR count). The van der Waals surface area contributed by atoms with Crippen molar-refractivity contribution in [2.45, 2.75) is 13.0 Å². The molecule has 0 fully saturated rings. The van der Waals surface area contributed by atoms with E-state index < -0.39 is 0 Å². The number of nitrogens with two attached hydrogens (primary N) is 2. The number of hydrazine groups is 1. The van der Waals surface area contributed by atoms with Crippen molar-refractivity contribution in [1.82, 2.24) is 5.43 Å². The molecular weight excluding hydrogens is 309 g/mol. The lowest BCUT2D eigenvalue weighted by molar-refractivity contribution is 0.612. The summed E-state index contributed by atoms with van der Waals surface area (Å²) in [7, 11) is 0. The first kappa shape index (κ1) is 14.0. The minimum Gasteiger partial charge on any atom is -0.398 e. The maximum Gasteiger partial charge on any atom is 0.123 e. The molecule has 3 nitrogen and oxygen atoms in total. The van der Waals surface area contributed by atoms with Crippen molar-refractivity contribution in [1.29, 1.82) is 0 Å². The van der Waals surface area contributed by atoms with E-state index in [1.54, 1.807) is 6.07 Å². The van der Waals surface area contributed by atoms with Gasteiger partial charge in [0, 0.05) is 10.2 Å². The summed E-state index contributed by atoms with van der Waals surface area (Å²) in [6.45, 7) is 1.84. The summed E-state index contributed by atoms with van der Waals surface area (Å²) in [4.78, 5) is 0. The van der Waals surface area contributed by atoms with E-state index in [4.69, 9.17) is 11.6 Å². The summed E-state index contributed by atoms with van der Waals surface area (Å²) in [5, 5.41) is 0. The lowest BCUT2D eigenvalue weighted by Gasteiger charge is -2.21. The Morgan fingerprint density at radius 3 is 2.53 bits per heavy atom. The van der Waals surface area contributed by atoms with Crippen molar-refractivity contribution in [3.63, 3.8) is 0 Å². The maximum absolute atomic E-state index is 13.2. The molecule has 0 saturated carbocycles. The number of benzene rings is 2. The van der Waals surface area contributed by atoms with Crippen LogP contribution in [0, 0.1) is 12.7 Å². The van der Waals surface area contributed by atoms with E-state index in [1.165, 1.54) is 12.1 Å². The van der Waals surface area contributed by atoms with Crippen LogP contribution in [0.2, 0.25) is 0 Å².